The van der Waals surface area contributed by atoms with E-state index in [2.05, 4.69) is 80.3 Å². The molecular weight excluding hydrogens is 604 g/mol. The number of methoxy groups -OCH3 is 2. The van der Waals surface area contributed by atoms with Gasteiger partial charge in [-0.2, -0.15) is 9.97 Å². The quantitative estimate of drug-likeness (QED) is 0.232. The number of anilines is 2. The molecule has 0 radical (unpaired) electrons. The van der Waals surface area contributed by atoms with E-state index in [4.69, 9.17) is 28.9 Å². The third-order valence-corrected chi connectivity index (χ3v) is 10.4. The summed E-state index contributed by atoms with van der Waals surface area (Å²) >= 11 is 0. The molecule has 0 spiro atoms. The van der Waals surface area contributed by atoms with E-state index < -0.39 is 0 Å². The molecule has 3 aliphatic heterocycles. The lowest BCUT2D eigenvalue weighted by Crippen LogP contribution is -2.44. The number of ether oxygens (including phenoxy) is 4. The summed E-state index contributed by atoms with van der Waals surface area (Å²) in [5, 5.41) is 7.00. The van der Waals surface area contributed by atoms with Gasteiger partial charge in [0.25, 0.3) is 0 Å². The zero-order valence-electron chi connectivity index (χ0n) is 30.4. The number of nitrogens with zero attached hydrogens (tertiary/aromatic N) is 4. The number of hydrogen-bond acceptors (Lipinski definition) is 10. The van der Waals surface area contributed by atoms with Crippen LogP contribution in [0.15, 0.2) is 35.2 Å². The molecule has 6 rings (SSSR count). The van der Waals surface area contributed by atoms with Gasteiger partial charge >= 0.3 is 0 Å². The average Bonchev–Trinajstić information content (AvgIpc) is 3.55. The molecule has 2 fully saturated rings. The van der Waals surface area contributed by atoms with Gasteiger partial charge in [-0.3, -0.25) is 0 Å². The van der Waals surface area contributed by atoms with Crippen molar-refractivity contribution >= 4 is 11.6 Å². The minimum absolute atomic E-state index is 0.0514. The number of rotatable bonds is 13. The smallest absolute Gasteiger partial charge is 0.246 e. The molecule has 1 aromatic heterocycles. The highest BCUT2D eigenvalue weighted by Crippen LogP contribution is 2.48. The van der Waals surface area contributed by atoms with Crippen molar-refractivity contribution in [2.75, 3.05) is 71.2 Å². The summed E-state index contributed by atoms with van der Waals surface area (Å²) in [5.74, 6) is 2.27. The Morgan fingerprint density at radius 1 is 0.958 bits per heavy atom. The first-order chi connectivity index (χ1) is 23.0. The Labute approximate surface area is 287 Å². The van der Waals surface area contributed by atoms with Crippen molar-refractivity contribution in [3.63, 3.8) is 0 Å². The van der Waals surface area contributed by atoms with Gasteiger partial charge in [-0.25, -0.2) is 0 Å². The zero-order chi connectivity index (χ0) is 34.1. The second-order valence-electron chi connectivity index (χ2n) is 14.9. The van der Waals surface area contributed by atoms with Crippen molar-refractivity contribution in [3.8, 4) is 11.8 Å². The second-order valence-corrected chi connectivity index (χ2v) is 14.9. The predicted octanol–water partition coefficient (Wildman–Crippen LogP) is 6.51. The van der Waals surface area contributed by atoms with E-state index in [-0.39, 0.29) is 17.3 Å². The maximum Gasteiger partial charge on any atom is 0.246 e. The maximum absolute atomic E-state index is 6.69. The normalized spacial score (nSPS) is 21.6. The first-order valence-corrected chi connectivity index (χ1v) is 17.8. The average molecular weight is 661 g/mol. The number of piperazine rings is 1. The molecule has 2 aromatic rings. The molecule has 1 saturated heterocycles. The summed E-state index contributed by atoms with van der Waals surface area (Å²) in [6, 6.07) is 4.66. The fourth-order valence-electron chi connectivity index (χ4n) is 7.45. The Morgan fingerprint density at radius 2 is 1.62 bits per heavy atom. The van der Waals surface area contributed by atoms with Crippen LogP contribution in [0.3, 0.4) is 0 Å². The van der Waals surface area contributed by atoms with Crippen molar-refractivity contribution in [1.82, 2.24) is 19.8 Å². The molecule has 1 saturated carbocycles. The van der Waals surface area contributed by atoms with E-state index in [1.165, 1.54) is 34.2 Å². The van der Waals surface area contributed by atoms with Gasteiger partial charge in [0.2, 0.25) is 17.7 Å². The third kappa shape index (κ3) is 7.45. The molecule has 2 N–H and O–H groups in total. The number of fused-ring (bicyclic) bond motifs is 1. The largest absolute Gasteiger partial charge is 0.488 e. The predicted molar refractivity (Wildman–Crippen MR) is 191 cm³/mol. The molecule has 1 aromatic carbocycles. The molecule has 10 heteroatoms. The van der Waals surface area contributed by atoms with E-state index >= 15 is 0 Å². The van der Waals surface area contributed by atoms with Crippen LogP contribution in [-0.2, 0) is 27.1 Å². The first-order valence-electron chi connectivity index (χ1n) is 17.8. The maximum atomic E-state index is 6.69. The van der Waals surface area contributed by atoms with E-state index in [1.807, 2.05) is 0 Å². The van der Waals surface area contributed by atoms with Crippen LogP contribution in [0, 0.1) is 6.92 Å². The molecule has 4 heterocycles. The molecule has 1 aliphatic carbocycles. The number of hydrogen-bond donors (Lipinski definition) is 2. The number of aryl methyl sites for hydroxylation is 1. The summed E-state index contributed by atoms with van der Waals surface area (Å²) < 4.78 is 24.7. The van der Waals surface area contributed by atoms with Crippen LogP contribution in [0.4, 0.5) is 11.6 Å². The highest BCUT2D eigenvalue weighted by molar-refractivity contribution is 5.67. The summed E-state index contributed by atoms with van der Waals surface area (Å²) in [7, 11) is 5.47. The Morgan fingerprint density at radius 3 is 2.25 bits per heavy atom. The molecule has 0 amide bonds. The number of benzene rings is 1. The Kier molecular flexibility index (Phi) is 10.3. The molecule has 48 heavy (non-hydrogen) atoms. The first kappa shape index (κ1) is 34.5. The molecule has 4 aliphatic rings. The minimum atomic E-state index is -0.317. The summed E-state index contributed by atoms with van der Waals surface area (Å²) in [6.45, 7) is 17.4. The number of unbranched alkanes of at least 4 members (excludes halogenated alkanes) is 1. The summed E-state index contributed by atoms with van der Waals surface area (Å²) in [6.07, 6.45) is 9.35. The number of likely N-dealkylation sites (N-methyl/N-ethyl adjacent to an activating group) is 1. The van der Waals surface area contributed by atoms with Crippen molar-refractivity contribution in [2.24, 2.45) is 0 Å². The topological polar surface area (TPSA) is 93.2 Å². The summed E-state index contributed by atoms with van der Waals surface area (Å²) in [4.78, 5) is 14.4. The van der Waals surface area contributed by atoms with Gasteiger partial charge in [-0.1, -0.05) is 12.1 Å². The molecule has 1 unspecified atom stereocenters. The van der Waals surface area contributed by atoms with Gasteiger partial charge < -0.3 is 39.4 Å². The summed E-state index contributed by atoms with van der Waals surface area (Å²) in [5.41, 5.74) is 7.48. The Bertz CT molecular complexity index is 1510. The second kappa shape index (κ2) is 14.3. The lowest BCUT2D eigenvalue weighted by Gasteiger charge is -2.32. The van der Waals surface area contributed by atoms with E-state index in [9.17, 15) is 0 Å². The van der Waals surface area contributed by atoms with Gasteiger partial charge in [-0.05, 0) is 114 Å². The lowest BCUT2D eigenvalue weighted by molar-refractivity contribution is -0.105. The number of nitrogens with one attached hydrogen (secondary N) is 2. The fraction of sp³-hybridized carbons (Fsp3) is 0.632. The van der Waals surface area contributed by atoms with Crippen molar-refractivity contribution in [2.45, 2.75) is 96.9 Å². The third-order valence-electron chi connectivity index (χ3n) is 10.4. The Hall–Kier alpha value is -3.34. The molecule has 0 bridgehead atoms. The molecular formula is C38H56N6O4. The highest BCUT2D eigenvalue weighted by Gasteiger charge is 2.43. The molecule has 1 atom stereocenters. The van der Waals surface area contributed by atoms with Gasteiger partial charge in [-0.15, -0.1) is 0 Å². The standard InChI is InChI=1S/C38H56N6O4/c1-25-22-29-30(38(4,5)48-37(29,2)3)24-27(25)23-28-14-15-31(47-28)32(26-12-11-13-26)40-33-34(45-7)41-36(42-35(33)46-8)39-16-9-10-17-44-20-18-43(6)19-21-44/h15,22,24,28,40H,9-14,16-21,23H2,1-8H3,(H,39,41,42). The SMILES string of the molecule is COc1nc(NCCCCN2CCN(C)CC2)nc(OC)c1NC(C1=CCC(Cc2cc3c(cc2C)C(C)(C)OC3(C)C)O1)=C1CCC1. The van der Waals surface area contributed by atoms with Crippen LogP contribution in [0.5, 0.6) is 11.8 Å². The van der Waals surface area contributed by atoms with Gasteiger partial charge in [0.15, 0.2) is 5.69 Å². The number of allylic oxidation sites excluding steroid dienone is 1. The Balaban J connectivity index is 1.11. The van der Waals surface area contributed by atoms with Crippen LogP contribution in [-0.4, -0.2) is 86.4 Å². The van der Waals surface area contributed by atoms with E-state index in [1.54, 1.807) is 14.2 Å². The van der Waals surface area contributed by atoms with Crippen molar-refractivity contribution in [1.29, 1.82) is 0 Å². The molecule has 262 valence electrons. The molecule has 10 nitrogen and oxygen atoms in total. The minimum Gasteiger partial charge on any atom is -0.488 e. The fourth-order valence-corrected chi connectivity index (χ4v) is 7.45. The highest BCUT2D eigenvalue weighted by atomic mass is 16.5. The van der Waals surface area contributed by atoms with Crippen LogP contribution in [0.2, 0.25) is 0 Å². The van der Waals surface area contributed by atoms with Gasteiger partial charge in [0, 0.05) is 45.6 Å². The van der Waals surface area contributed by atoms with Crippen LogP contribution < -0.4 is 20.1 Å². The van der Waals surface area contributed by atoms with Crippen molar-refractivity contribution < 1.29 is 18.9 Å². The van der Waals surface area contributed by atoms with E-state index in [0.717, 1.165) is 89.2 Å². The number of aromatic nitrogens is 2. The van der Waals surface area contributed by atoms with Crippen molar-refractivity contribution in [3.05, 3.63) is 57.5 Å². The van der Waals surface area contributed by atoms with E-state index in [0.29, 0.717) is 23.4 Å². The van der Waals surface area contributed by atoms with Crippen LogP contribution in [0.1, 0.15) is 88.5 Å². The van der Waals surface area contributed by atoms with Crippen LogP contribution in [0.25, 0.3) is 0 Å². The van der Waals surface area contributed by atoms with Gasteiger partial charge in [0.1, 0.15) is 11.9 Å². The lowest BCUT2D eigenvalue weighted by atomic mass is 9.86. The van der Waals surface area contributed by atoms with Crippen LogP contribution >= 0.6 is 0 Å². The van der Waals surface area contributed by atoms with Gasteiger partial charge in [0.05, 0.1) is 31.1 Å². The monoisotopic (exact) mass is 660 g/mol. The zero-order valence-corrected chi connectivity index (χ0v) is 30.4.